The Kier molecular flexibility index (Phi) is 3.25. The first-order chi connectivity index (χ1) is 8.77. The third-order valence-corrected chi connectivity index (χ3v) is 4.87. The second kappa shape index (κ2) is 4.62. The summed E-state index contributed by atoms with van der Waals surface area (Å²) >= 11 is 0. The average molecular weight is 252 g/mol. The highest BCUT2D eigenvalue weighted by molar-refractivity contribution is 5.25. The molecule has 3 nitrogen and oxygen atoms in total. The number of hydrogen-bond donors (Lipinski definition) is 0. The van der Waals surface area contributed by atoms with Crippen molar-refractivity contribution in [2.45, 2.75) is 50.9 Å². The third kappa shape index (κ3) is 1.47. The van der Waals surface area contributed by atoms with E-state index in [9.17, 15) is 0 Å². The van der Waals surface area contributed by atoms with Crippen molar-refractivity contribution >= 4 is 0 Å². The third-order valence-electron chi connectivity index (χ3n) is 4.87. The second-order valence-corrected chi connectivity index (χ2v) is 5.74. The van der Waals surface area contributed by atoms with Crippen molar-refractivity contribution in [3.8, 4) is 0 Å². The lowest BCUT2D eigenvalue weighted by Crippen LogP contribution is -2.76. The number of hydrogen-bond acceptors (Lipinski definition) is 3. The number of ether oxygens (including phenoxy) is 3. The Morgan fingerprint density at radius 1 is 1.33 bits per heavy atom. The zero-order valence-electron chi connectivity index (χ0n) is 11.5. The molecule has 0 aromatic rings. The highest BCUT2D eigenvalue weighted by Crippen LogP contribution is 2.62. The van der Waals surface area contributed by atoms with Gasteiger partial charge in [0.2, 0.25) is 5.79 Å². The number of allylic oxidation sites excluding steroid dienone is 1. The Bertz CT molecular complexity index is 333. The van der Waals surface area contributed by atoms with E-state index in [1.54, 1.807) is 0 Å². The fourth-order valence-corrected chi connectivity index (χ4v) is 3.97. The molecule has 3 atom stereocenters. The van der Waals surface area contributed by atoms with Crippen molar-refractivity contribution in [3.63, 3.8) is 0 Å². The molecule has 3 heteroatoms. The van der Waals surface area contributed by atoms with Gasteiger partial charge in [-0.2, -0.15) is 0 Å². The molecule has 0 aromatic heterocycles. The molecular formula is C15H24O3. The fourth-order valence-electron chi connectivity index (χ4n) is 3.97. The second-order valence-electron chi connectivity index (χ2n) is 5.74. The van der Waals surface area contributed by atoms with Gasteiger partial charge in [0.25, 0.3) is 0 Å². The minimum atomic E-state index is -0.462. The minimum Gasteiger partial charge on any atom is -0.369 e. The van der Waals surface area contributed by atoms with Crippen molar-refractivity contribution in [2.75, 3.05) is 19.8 Å². The summed E-state index contributed by atoms with van der Waals surface area (Å²) in [6.45, 7) is 6.66. The van der Waals surface area contributed by atoms with Crippen molar-refractivity contribution in [1.29, 1.82) is 0 Å². The van der Waals surface area contributed by atoms with Crippen LogP contribution in [0.25, 0.3) is 0 Å². The molecule has 0 N–H and O–H groups in total. The van der Waals surface area contributed by atoms with Gasteiger partial charge in [-0.25, -0.2) is 0 Å². The van der Waals surface area contributed by atoms with E-state index >= 15 is 0 Å². The van der Waals surface area contributed by atoms with E-state index in [1.165, 1.54) is 6.42 Å². The Balaban J connectivity index is 1.83. The minimum absolute atomic E-state index is 0.215. The van der Waals surface area contributed by atoms with Crippen LogP contribution in [0.5, 0.6) is 0 Å². The van der Waals surface area contributed by atoms with Gasteiger partial charge in [0.05, 0.1) is 13.2 Å². The highest BCUT2D eigenvalue weighted by Gasteiger charge is 2.74. The van der Waals surface area contributed by atoms with Crippen LogP contribution in [0.1, 0.15) is 39.5 Å². The van der Waals surface area contributed by atoms with E-state index in [1.807, 2.05) is 0 Å². The molecule has 1 saturated carbocycles. The quantitative estimate of drug-likeness (QED) is 0.569. The summed E-state index contributed by atoms with van der Waals surface area (Å²) in [6.07, 6.45) is 8.98. The predicted molar refractivity (Wildman–Crippen MR) is 69.3 cm³/mol. The van der Waals surface area contributed by atoms with Gasteiger partial charge < -0.3 is 14.2 Å². The Morgan fingerprint density at radius 2 is 2.11 bits per heavy atom. The van der Waals surface area contributed by atoms with Crippen LogP contribution in [0.15, 0.2) is 12.2 Å². The molecule has 1 spiro atoms. The molecule has 1 aliphatic heterocycles. The van der Waals surface area contributed by atoms with E-state index in [0.29, 0.717) is 25.0 Å². The molecule has 3 unspecified atom stereocenters. The molecule has 18 heavy (non-hydrogen) atoms. The van der Waals surface area contributed by atoms with Gasteiger partial charge in [0.15, 0.2) is 0 Å². The lowest BCUT2D eigenvalue weighted by Gasteiger charge is -2.64. The normalized spacial score (nSPS) is 40.8. The molecule has 2 aliphatic carbocycles. The smallest absolute Gasteiger partial charge is 0.201 e. The van der Waals surface area contributed by atoms with E-state index in [2.05, 4.69) is 26.0 Å². The lowest BCUT2D eigenvalue weighted by molar-refractivity contribution is -0.394. The van der Waals surface area contributed by atoms with Crippen molar-refractivity contribution in [2.24, 2.45) is 11.8 Å². The van der Waals surface area contributed by atoms with Crippen molar-refractivity contribution in [1.82, 2.24) is 0 Å². The van der Waals surface area contributed by atoms with Gasteiger partial charge in [-0.05, 0) is 19.3 Å². The predicted octanol–water partition coefficient (Wildman–Crippen LogP) is 2.90. The van der Waals surface area contributed by atoms with Gasteiger partial charge in [0.1, 0.15) is 5.60 Å². The molecule has 0 aromatic carbocycles. The fraction of sp³-hybridized carbons (Fsp3) is 0.867. The lowest BCUT2D eigenvalue weighted by atomic mass is 9.53. The first-order valence-electron chi connectivity index (χ1n) is 7.35. The van der Waals surface area contributed by atoms with Crippen LogP contribution in [-0.4, -0.2) is 31.2 Å². The van der Waals surface area contributed by atoms with Crippen LogP contribution in [0.2, 0.25) is 0 Å². The van der Waals surface area contributed by atoms with E-state index in [0.717, 1.165) is 25.9 Å². The largest absolute Gasteiger partial charge is 0.369 e. The summed E-state index contributed by atoms with van der Waals surface area (Å²) in [4.78, 5) is 0. The Morgan fingerprint density at radius 3 is 2.83 bits per heavy atom. The first kappa shape index (κ1) is 12.6. The van der Waals surface area contributed by atoms with Crippen LogP contribution >= 0.6 is 0 Å². The van der Waals surface area contributed by atoms with Crippen LogP contribution in [0, 0.1) is 11.8 Å². The summed E-state index contributed by atoms with van der Waals surface area (Å²) in [5, 5.41) is 0. The van der Waals surface area contributed by atoms with E-state index in [-0.39, 0.29) is 5.60 Å². The summed E-state index contributed by atoms with van der Waals surface area (Å²) in [6, 6.07) is 0. The van der Waals surface area contributed by atoms with Gasteiger partial charge in [-0.15, -0.1) is 0 Å². The van der Waals surface area contributed by atoms with Crippen molar-refractivity contribution in [3.05, 3.63) is 12.2 Å². The maximum atomic E-state index is 6.32. The molecule has 1 heterocycles. The maximum absolute atomic E-state index is 6.32. The number of rotatable bonds is 4. The molecule has 3 rings (SSSR count). The monoisotopic (exact) mass is 252 g/mol. The van der Waals surface area contributed by atoms with Gasteiger partial charge in [0, 0.05) is 18.4 Å². The molecule has 3 aliphatic rings. The van der Waals surface area contributed by atoms with Crippen LogP contribution in [0.4, 0.5) is 0 Å². The summed E-state index contributed by atoms with van der Waals surface area (Å²) in [7, 11) is 0. The Labute approximate surface area is 109 Å². The highest BCUT2D eigenvalue weighted by atomic mass is 16.8. The number of fused-ring (bicyclic) bond motifs is 2. The Hall–Kier alpha value is -0.380. The molecule has 0 amide bonds. The molecule has 0 bridgehead atoms. The van der Waals surface area contributed by atoms with Crippen LogP contribution < -0.4 is 0 Å². The molecule has 0 radical (unpaired) electrons. The SMILES string of the molecule is CCCCOC12CCC=CC1C(C)C21OCCO1. The van der Waals surface area contributed by atoms with Gasteiger partial charge >= 0.3 is 0 Å². The van der Waals surface area contributed by atoms with Gasteiger partial charge in [-0.3, -0.25) is 0 Å². The zero-order valence-corrected chi connectivity index (χ0v) is 11.5. The van der Waals surface area contributed by atoms with Crippen LogP contribution in [0.3, 0.4) is 0 Å². The molecule has 102 valence electrons. The first-order valence-corrected chi connectivity index (χ1v) is 7.35. The van der Waals surface area contributed by atoms with Crippen LogP contribution in [-0.2, 0) is 14.2 Å². The standard InChI is InChI=1S/C15H24O3/c1-3-4-9-16-14-8-6-5-7-13(14)12(2)15(14)17-10-11-18-15/h5,7,12-13H,3-4,6,8-11H2,1-2H3. The summed E-state index contributed by atoms with van der Waals surface area (Å²) in [5.74, 6) is 0.398. The molecule has 2 fully saturated rings. The van der Waals surface area contributed by atoms with Gasteiger partial charge in [-0.1, -0.05) is 32.4 Å². The maximum Gasteiger partial charge on any atom is 0.201 e. The molecule has 1 saturated heterocycles. The zero-order chi connectivity index (χ0) is 12.6. The summed E-state index contributed by atoms with van der Waals surface area (Å²) in [5.41, 5.74) is -0.215. The summed E-state index contributed by atoms with van der Waals surface area (Å²) < 4.78 is 18.3. The topological polar surface area (TPSA) is 27.7 Å². The van der Waals surface area contributed by atoms with E-state index in [4.69, 9.17) is 14.2 Å². The van der Waals surface area contributed by atoms with Crippen molar-refractivity contribution < 1.29 is 14.2 Å². The average Bonchev–Trinajstić information content (AvgIpc) is 2.91. The number of unbranched alkanes of at least 4 members (excludes halogenated alkanes) is 1. The molecular weight excluding hydrogens is 228 g/mol. The van der Waals surface area contributed by atoms with E-state index < -0.39 is 5.79 Å².